The Bertz CT molecular complexity index is 1290. The Hall–Kier alpha value is -4.50. The molecule has 0 spiro atoms. The van der Waals surface area contributed by atoms with Crippen LogP contribution in [-0.4, -0.2) is 12.6 Å². The predicted octanol–water partition coefficient (Wildman–Crippen LogP) is 5.70. The number of carbonyl (C=O) groups excluding carboxylic acids is 1. The first kappa shape index (κ1) is 23.7. The van der Waals surface area contributed by atoms with Crippen molar-refractivity contribution in [3.05, 3.63) is 107 Å². The number of esters is 1. The van der Waals surface area contributed by atoms with Gasteiger partial charge in [-0.3, -0.25) is 0 Å². The van der Waals surface area contributed by atoms with Crippen LogP contribution in [0, 0.1) is 11.3 Å². The van der Waals surface area contributed by atoms with E-state index in [2.05, 4.69) is 13.0 Å². The molecular formula is C29H26N2O4. The van der Waals surface area contributed by atoms with Crippen LogP contribution >= 0.6 is 0 Å². The number of allylic oxidation sites excluding steroid dienone is 1. The molecule has 176 valence electrons. The van der Waals surface area contributed by atoms with Gasteiger partial charge in [0.15, 0.2) is 0 Å². The van der Waals surface area contributed by atoms with Gasteiger partial charge in [-0.1, -0.05) is 61.9 Å². The molecule has 4 rings (SSSR count). The summed E-state index contributed by atoms with van der Waals surface area (Å²) in [4.78, 5) is 12.3. The highest BCUT2D eigenvalue weighted by Crippen LogP contribution is 2.43. The number of hydrogen-bond acceptors (Lipinski definition) is 6. The van der Waals surface area contributed by atoms with Crippen LogP contribution in [-0.2, 0) is 4.79 Å². The summed E-state index contributed by atoms with van der Waals surface area (Å²) >= 11 is 0. The lowest BCUT2D eigenvalue weighted by Crippen LogP contribution is -2.21. The van der Waals surface area contributed by atoms with Gasteiger partial charge in [-0.25, -0.2) is 4.79 Å². The normalized spacial score (nSPS) is 14.7. The number of nitriles is 1. The predicted molar refractivity (Wildman–Crippen MR) is 134 cm³/mol. The monoisotopic (exact) mass is 466 g/mol. The summed E-state index contributed by atoms with van der Waals surface area (Å²) in [6.45, 7) is 2.78. The van der Waals surface area contributed by atoms with Crippen molar-refractivity contribution in [1.29, 1.82) is 5.26 Å². The van der Waals surface area contributed by atoms with Crippen LogP contribution in [0.1, 0.15) is 42.4 Å². The Morgan fingerprint density at radius 2 is 1.83 bits per heavy atom. The molecule has 1 aliphatic heterocycles. The molecule has 6 nitrogen and oxygen atoms in total. The Balaban J connectivity index is 1.55. The van der Waals surface area contributed by atoms with Gasteiger partial charge >= 0.3 is 5.97 Å². The Kier molecular flexibility index (Phi) is 7.49. The molecule has 1 aliphatic rings. The number of rotatable bonds is 8. The van der Waals surface area contributed by atoms with Crippen molar-refractivity contribution >= 4 is 12.0 Å². The van der Waals surface area contributed by atoms with E-state index in [0.29, 0.717) is 23.7 Å². The van der Waals surface area contributed by atoms with E-state index in [1.165, 1.54) is 6.08 Å². The smallest absolute Gasteiger partial charge is 0.336 e. The zero-order valence-electron chi connectivity index (χ0n) is 19.4. The van der Waals surface area contributed by atoms with E-state index in [4.69, 9.17) is 19.9 Å². The number of nitrogens with two attached hydrogens (primary N) is 1. The number of ether oxygens (including phenoxy) is 3. The average molecular weight is 467 g/mol. The molecule has 0 aromatic heterocycles. The SMILES string of the molecule is CCCCOc1ccc(C2C(C#N)=C(N)Oc3cc(OC(=O)/C=C/c4ccccc4)ccc32)cc1. The lowest BCUT2D eigenvalue weighted by molar-refractivity contribution is -0.128. The maximum absolute atomic E-state index is 12.3. The lowest BCUT2D eigenvalue weighted by atomic mass is 9.83. The van der Waals surface area contributed by atoms with Crippen molar-refractivity contribution in [1.82, 2.24) is 0 Å². The fourth-order valence-corrected chi connectivity index (χ4v) is 3.81. The number of unbranched alkanes of at least 4 members (excludes halogenated alkanes) is 1. The molecule has 0 saturated heterocycles. The second-order valence-corrected chi connectivity index (χ2v) is 8.06. The highest BCUT2D eigenvalue weighted by atomic mass is 16.5. The largest absolute Gasteiger partial charge is 0.494 e. The van der Waals surface area contributed by atoms with E-state index in [0.717, 1.165) is 35.3 Å². The van der Waals surface area contributed by atoms with E-state index >= 15 is 0 Å². The second kappa shape index (κ2) is 11.1. The molecule has 0 bridgehead atoms. The van der Waals surface area contributed by atoms with Crippen molar-refractivity contribution in [2.75, 3.05) is 6.61 Å². The van der Waals surface area contributed by atoms with Gasteiger partial charge < -0.3 is 19.9 Å². The zero-order chi connectivity index (χ0) is 24.6. The third-order valence-corrected chi connectivity index (χ3v) is 5.60. The number of fused-ring (bicyclic) bond motifs is 1. The molecule has 3 aromatic rings. The number of hydrogen-bond donors (Lipinski definition) is 1. The van der Waals surface area contributed by atoms with E-state index in [9.17, 15) is 10.1 Å². The van der Waals surface area contributed by atoms with E-state index in [1.807, 2.05) is 54.6 Å². The molecule has 0 aliphatic carbocycles. The molecule has 0 saturated carbocycles. The minimum Gasteiger partial charge on any atom is -0.494 e. The summed E-state index contributed by atoms with van der Waals surface area (Å²) in [5, 5.41) is 9.77. The number of benzene rings is 3. The van der Waals surface area contributed by atoms with Crippen LogP contribution in [0.2, 0.25) is 0 Å². The average Bonchev–Trinajstić information content (AvgIpc) is 2.88. The van der Waals surface area contributed by atoms with Crippen LogP contribution in [0.5, 0.6) is 17.2 Å². The van der Waals surface area contributed by atoms with Gasteiger partial charge in [0.2, 0.25) is 5.88 Å². The third-order valence-electron chi connectivity index (χ3n) is 5.60. The molecule has 2 N–H and O–H groups in total. The highest BCUT2D eigenvalue weighted by Gasteiger charge is 2.31. The van der Waals surface area contributed by atoms with E-state index in [-0.39, 0.29) is 5.88 Å². The summed E-state index contributed by atoms with van der Waals surface area (Å²) in [7, 11) is 0. The minimum atomic E-state index is -0.513. The van der Waals surface area contributed by atoms with Gasteiger partial charge in [-0.05, 0) is 41.8 Å². The second-order valence-electron chi connectivity index (χ2n) is 8.06. The van der Waals surface area contributed by atoms with Gasteiger partial charge in [0.1, 0.15) is 28.9 Å². The van der Waals surface area contributed by atoms with Gasteiger partial charge in [-0.15, -0.1) is 0 Å². The molecule has 1 heterocycles. The first-order valence-electron chi connectivity index (χ1n) is 11.5. The highest BCUT2D eigenvalue weighted by molar-refractivity contribution is 5.88. The Morgan fingerprint density at radius 1 is 1.09 bits per heavy atom. The van der Waals surface area contributed by atoms with Gasteiger partial charge in [0, 0.05) is 17.7 Å². The van der Waals surface area contributed by atoms with Gasteiger partial charge in [0.25, 0.3) is 0 Å². The summed E-state index contributed by atoms with van der Waals surface area (Å²) in [6.07, 6.45) is 5.10. The fraction of sp³-hybridized carbons (Fsp3) is 0.172. The minimum absolute atomic E-state index is 0.0284. The number of nitrogens with zero attached hydrogens (tertiary/aromatic N) is 1. The topological polar surface area (TPSA) is 94.6 Å². The molecule has 35 heavy (non-hydrogen) atoms. The van der Waals surface area contributed by atoms with E-state index in [1.54, 1.807) is 24.3 Å². The molecule has 0 amide bonds. The van der Waals surface area contributed by atoms with Crippen LogP contribution in [0.25, 0.3) is 6.08 Å². The molecule has 3 aromatic carbocycles. The lowest BCUT2D eigenvalue weighted by Gasteiger charge is -2.26. The number of carbonyl (C=O) groups is 1. The molecule has 0 radical (unpaired) electrons. The maximum Gasteiger partial charge on any atom is 0.336 e. The van der Waals surface area contributed by atoms with Crippen molar-refractivity contribution in [2.45, 2.75) is 25.7 Å². The molecule has 1 atom stereocenters. The maximum atomic E-state index is 12.3. The first-order chi connectivity index (χ1) is 17.1. The Morgan fingerprint density at radius 3 is 2.54 bits per heavy atom. The first-order valence-corrected chi connectivity index (χ1v) is 11.5. The van der Waals surface area contributed by atoms with Crippen LogP contribution in [0.15, 0.2) is 90.3 Å². The molecule has 1 unspecified atom stereocenters. The molecule has 6 heteroatoms. The van der Waals surface area contributed by atoms with Gasteiger partial charge in [0.05, 0.1) is 12.5 Å². The van der Waals surface area contributed by atoms with Crippen LogP contribution < -0.4 is 19.9 Å². The standard InChI is InChI=1S/C29H26N2O4/c1-2-3-17-33-22-12-10-21(11-13-22)28-24-15-14-23(18-26(24)35-29(31)25(28)19-30)34-27(32)16-9-20-7-5-4-6-8-20/h4-16,18,28H,2-3,17,31H2,1H3/b16-9+. The molecular weight excluding hydrogens is 440 g/mol. The van der Waals surface area contributed by atoms with Crippen molar-refractivity contribution in [3.63, 3.8) is 0 Å². The van der Waals surface area contributed by atoms with Crippen LogP contribution in [0.3, 0.4) is 0 Å². The summed E-state index contributed by atoms with van der Waals surface area (Å²) in [5.74, 6) is 0.638. The zero-order valence-corrected chi connectivity index (χ0v) is 19.4. The fourth-order valence-electron chi connectivity index (χ4n) is 3.81. The summed E-state index contributed by atoms with van der Waals surface area (Å²) < 4.78 is 16.9. The van der Waals surface area contributed by atoms with Crippen LogP contribution in [0.4, 0.5) is 0 Å². The van der Waals surface area contributed by atoms with Gasteiger partial charge in [-0.2, -0.15) is 5.26 Å². The van der Waals surface area contributed by atoms with E-state index < -0.39 is 11.9 Å². The van der Waals surface area contributed by atoms with Crippen molar-refractivity contribution < 1.29 is 19.0 Å². The molecule has 0 fully saturated rings. The van der Waals surface area contributed by atoms with Crippen molar-refractivity contribution in [2.24, 2.45) is 5.73 Å². The summed E-state index contributed by atoms with van der Waals surface area (Å²) in [5.41, 5.74) is 8.96. The quantitative estimate of drug-likeness (QED) is 0.198. The Labute approximate surface area is 204 Å². The summed E-state index contributed by atoms with van der Waals surface area (Å²) in [6, 6.07) is 24.4. The third kappa shape index (κ3) is 5.71. The van der Waals surface area contributed by atoms with Crippen molar-refractivity contribution in [3.8, 4) is 23.3 Å².